The second kappa shape index (κ2) is 6.82. The lowest BCUT2D eigenvalue weighted by atomic mass is 9.97. The Bertz CT molecular complexity index is 723. The summed E-state index contributed by atoms with van der Waals surface area (Å²) in [5.41, 5.74) is 2.35. The maximum absolute atomic E-state index is 12.6. The van der Waals surface area contributed by atoms with Crippen molar-refractivity contribution in [2.75, 3.05) is 18.6 Å². The van der Waals surface area contributed by atoms with Crippen molar-refractivity contribution in [1.29, 1.82) is 0 Å². The van der Waals surface area contributed by atoms with Gasteiger partial charge in [-0.25, -0.2) is 4.79 Å². The van der Waals surface area contributed by atoms with Gasteiger partial charge >= 0.3 is 6.09 Å². The van der Waals surface area contributed by atoms with Crippen molar-refractivity contribution in [1.82, 2.24) is 4.90 Å². The van der Waals surface area contributed by atoms with E-state index in [0.717, 1.165) is 29.7 Å². The zero-order valence-corrected chi connectivity index (χ0v) is 16.3. The molecule has 0 spiro atoms. The highest BCUT2D eigenvalue weighted by Gasteiger charge is 2.32. The van der Waals surface area contributed by atoms with E-state index >= 15 is 0 Å². The SMILES string of the molecule is COc1cc2c(cc1N1CCCC(C)C1=O)CN(C(=O)OC(C)(C)C)C2. The first-order valence-corrected chi connectivity index (χ1v) is 9.18. The highest BCUT2D eigenvalue weighted by atomic mass is 16.6. The van der Waals surface area contributed by atoms with Gasteiger partial charge in [0.25, 0.3) is 0 Å². The number of anilines is 1. The van der Waals surface area contributed by atoms with Gasteiger partial charge in [-0.15, -0.1) is 0 Å². The molecule has 1 saturated heterocycles. The first-order chi connectivity index (χ1) is 12.2. The molecule has 2 aliphatic heterocycles. The molecule has 1 fully saturated rings. The minimum Gasteiger partial charge on any atom is -0.495 e. The summed E-state index contributed by atoms with van der Waals surface area (Å²) in [6.07, 6.45) is 1.59. The molecule has 0 saturated carbocycles. The van der Waals surface area contributed by atoms with Crippen molar-refractivity contribution in [2.45, 2.75) is 59.2 Å². The molecule has 2 heterocycles. The van der Waals surface area contributed by atoms with Crippen molar-refractivity contribution in [3.63, 3.8) is 0 Å². The summed E-state index contributed by atoms with van der Waals surface area (Å²) >= 11 is 0. The van der Waals surface area contributed by atoms with E-state index in [1.54, 1.807) is 12.0 Å². The van der Waals surface area contributed by atoms with Gasteiger partial charge in [0.05, 0.1) is 12.8 Å². The Morgan fingerprint density at radius 3 is 2.46 bits per heavy atom. The molecular weight excluding hydrogens is 332 g/mol. The number of rotatable bonds is 2. The fraction of sp³-hybridized carbons (Fsp3) is 0.600. The summed E-state index contributed by atoms with van der Waals surface area (Å²) < 4.78 is 11.0. The summed E-state index contributed by atoms with van der Waals surface area (Å²) in [6.45, 7) is 9.23. The van der Waals surface area contributed by atoms with Crippen LogP contribution in [0.25, 0.3) is 0 Å². The lowest BCUT2D eigenvalue weighted by molar-refractivity contribution is -0.123. The Balaban J connectivity index is 1.86. The van der Waals surface area contributed by atoms with Crippen molar-refractivity contribution in [3.05, 3.63) is 23.3 Å². The molecule has 0 aliphatic carbocycles. The second-order valence-corrected chi connectivity index (χ2v) is 8.16. The number of carbonyl (C=O) groups excluding carboxylic acids is 2. The quantitative estimate of drug-likeness (QED) is 0.807. The van der Waals surface area contributed by atoms with Gasteiger partial charge in [0.1, 0.15) is 11.4 Å². The lowest BCUT2D eigenvalue weighted by Gasteiger charge is -2.32. The van der Waals surface area contributed by atoms with Crippen molar-refractivity contribution >= 4 is 17.7 Å². The van der Waals surface area contributed by atoms with E-state index in [0.29, 0.717) is 25.4 Å². The van der Waals surface area contributed by atoms with Crippen LogP contribution < -0.4 is 9.64 Å². The Kier molecular flexibility index (Phi) is 4.86. The number of nitrogens with zero attached hydrogens (tertiary/aromatic N) is 2. The van der Waals surface area contributed by atoms with Crippen LogP contribution in [0.15, 0.2) is 12.1 Å². The van der Waals surface area contributed by atoms with Crippen LogP contribution in [0.5, 0.6) is 5.75 Å². The normalized spacial score (nSPS) is 20.2. The molecule has 1 aromatic rings. The topological polar surface area (TPSA) is 59.1 Å². The number of ether oxygens (including phenoxy) is 2. The molecule has 0 radical (unpaired) electrons. The average molecular weight is 360 g/mol. The second-order valence-electron chi connectivity index (χ2n) is 8.16. The van der Waals surface area contributed by atoms with E-state index in [-0.39, 0.29) is 17.9 Å². The Morgan fingerprint density at radius 1 is 1.19 bits per heavy atom. The molecule has 142 valence electrons. The highest BCUT2D eigenvalue weighted by Crippen LogP contribution is 2.38. The lowest BCUT2D eigenvalue weighted by Crippen LogP contribution is -2.40. The van der Waals surface area contributed by atoms with Crippen molar-refractivity contribution < 1.29 is 19.1 Å². The van der Waals surface area contributed by atoms with Crippen LogP contribution in [0.3, 0.4) is 0 Å². The van der Waals surface area contributed by atoms with E-state index in [1.165, 1.54) is 0 Å². The standard InChI is InChI=1S/C20H28N2O4/c1-13-7-6-8-22(18(13)23)16-9-14-11-21(19(24)26-20(2,3)4)12-15(14)10-17(16)25-5/h9-10,13H,6-8,11-12H2,1-5H3. The zero-order chi connectivity index (χ0) is 19.1. The smallest absolute Gasteiger partial charge is 0.410 e. The number of piperidine rings is 1. The molecule has 2 amide bonds. The first-order valence-electron chi connectivity index (χ1n) is 9.18. The highest BCUT2D eigenvalue weighted by molar-refractivity contribution is 5.97. The molecule has 6 heteroatoms. The van der Waals surface area contributed by atoms with Crippen LogP contribution in [0.2, 0.25) is 0 Å². The summed E-state index contributed by atoms with van der Waals surface area (Å²) in [5.74, 6) is 0.841. The summed E-state index contributed by atoms with van der Waals surface area (Å²) in [5, 5.41) is 0. The number of carbonyl (C=O) groups is 2. The van der Waals surface area contributed by atoms with Gasteiger partial charge in [0.15, 0.2) is 0 Å². The van der Waals surface area contributed by atoms with E-state index in [1.807, 2.05) is 44.7 Å². The van der Waals surface area contributed by atoms with Gasteiger partial charge in [0.2, 0.25) is 5.91 Å². The zero-order valence-electron chi connectivity index (χ0n) is 16.3. The van der Waals surface area contributed by atoms with Crippen LogP contribution in [-0.4, -0.2) is 36.2 Å². The van der Waals surface area contributed by atoms with Crippen LogP contribution >= 0.6 is 0 Å². The van der Waals surface area contributed by atoms with Gasteiger partial charge in [-0.1, -0.05) is 6.92 Å². The van der Waals surface area contributed by atoms with Crippen LogP contribution in [0, 0.1) is 5.92 Å². The number of amides is 2. The predicted octanol–water partition coefficient (Wildman–Crippen LogP) is 3.71. The number of methoxy groups -OCH3 is 1. The van der Waals surface area contributed by atoms with E-state index in [4.69, 9.17) is 9.47 Å². The Labute approximate surface area is 155 Å². The van der Waals surface area contributed by atoms with Gasteiger partial charge in [-0.2, -0.15) is 0 Å². The maximum atomic E-state index is 12.6. The van der Waals surface area contributed by atoms with Crippen molar-refractivity contribution in [2.24, 2.45) is 5.92 Å². The number of fused-ring (bicyclic) bond motifs is 1. The molecule has 0 N–H and O–H groups in total. The maximum Gasteiger partial charge on any atom is 0.410 e. The molecule has 0 aromatic heterocycles. The molecule has 6 nitrogen and oxygen atoms in total. The molecule has 26 heavy (non-hydrogen) atoms. The van der Waals surface area contributed by atoms with Gasteiger partial charge in [-0.3, -0.25) is 9.69 Å². The van der Waals surface area contributed by atoms with Crippen LogP contribution in [0.4, 0.5) is 10.5 Å². The summed E-state index contributed by atoms with van der Waals surface area (Å²) in [4.78, 5) is 28.5. The van der Waals surface area contributed by atoms with E-state index < -0.39 is 5.60 Å². The van der Waals surface area contributed by atoms with Gasteiger partial charge < -0.3 is 14.4 Å². The number of hydrogen-bond donors (Lipinski definition) is 0. The van der Waals surface area contributed by atoms with Crippen LogP contribution in [0.1, 0.15) is 51.7 Å². The molecule has 3 rings (SSSR count). The molecular formula is C20H28N2O4. The Morgan fingerprint density at radius 2 is 1.85 bits per heavy atom. The number of benzene rings is 1. The minimum atomic E-state index is -0.523. The Hall–Kier alpha value is -2.24. The van der Waals surface area contributed by atoms with Gasteiger partial charge in [-0.05, 0) is 56.9 Å². The molecule has 0 bridgehead atoms. The third-order valence-electron chi connectivity index (χ3n) is 4.87. The minimum absolute atomic E-state index is 0.0278. The third-order valence-corrected chi connectivity index (χ3v) is 4.87. The fourth-order valence-electron chi connectivity index (χ4n) is 3.54. The average Bonchev–Trinajstić information content (AvgIpc) is 2.98. The molecule has 1 unspecified atom stereocenters. The molecule has 1 aromatic carbocycles. The number of hydrogen-bond acceptors (Lipinski definition) is 4. The predicted molar refractivity (Wildman–Crippen MR) is 99.2 cm³/mol. The monoisotopic (exact) mass is 360 g/mol. The largest absolute Gasteiger partial charge is 0.495 e. The van der Waals surface area contributed by atoms with Crippen molar-refractivity contribution in [3.8, 4) is 5.75 Å². The molecule has 2 aliphatic rings. The molecule has 1 atom stereocenters. The summed E-state index contributed by atoms with van der Waals surface area (Å²) in [7, 11) is 1.61. The van der Waals surface area contributed by atoms with E-state index in [9.17, 15) is 9.59 Å². The summed E-state index contributed by atoms with van der Waals surface area (Å²) in [6, 6.07) is 3.94. The van der Waals surface area contributed by atoms with E-state index in [2.05, 4.69) is 0 Å². The fourth-order valence-corrected chi connectivity index (χ4v) is 3.54. The van der Waals surface area contributed by atoms with Crippen LogP contribution in [-0.2, 0) is 22.6 Å². The third kappa shape index (κ3) is 3.64. The first kappa shape index (κ1) is 18.5. The van der Waals surface area contributed by atoms with Gasteiger partial charge in [0, 0.05) is 25.6 Å².